The molecule has 0 amide bonds. The Hall–Kier alpha value is -1.30. The molecule has 2 heterocycles. The van der Waals surface area contributed by atoms with Crippen LogP contribution in [0.3, 0.4) is 0 Å². The summed E-state index contributed by atoms with van der Waals surface area (Å²) < 4.78 is 0. The van der Waals surface area contributed by atoms with Gasteiger partial charge in [0.2, 0.25) is 0 Å². The molecule has 7 heteroatoms. The normalized spacial score (nSPS) is 10.3. The van der Waals surface area contributed by atoms with Gasteiger partial charge in [-0.05, 0) is 30.0 Å². The first-order valence-electron chi connectivity index (χ1n) is 4.75. The van der Waals surface area contributed by atoms with E-state index in [2.05, 4.69) is 9.97 Å². The molecule has 0 saturated heterocycles. The first kappa shape index (κ1) is 13.1. The quantitative estimate of drug-likeness (QED) is 0.937. The van der Waals surface area contributed by atoms with E-state index in [-0.39, 0.29) is 10.6 Å². The fourth-order valence-electron chi connectivity index (χ4n) is 1.18. The fraction of sp³-hybridized carbons (Fsp3) is 0. The fourth-order valence-corrected chi connectivity index (χ4v) is 2.37. The number of carboxylic acid groups (broad SMARTS) is 1. The Morgan fingerprint density at radius 2 is 2.06 bits per heavy atom. The molecule has 0 radical (unpaired) electrons. The Bertz CT molecular complexity index is 607. The molecule has 0 aromatic carbocycles. The number of rotatable bonds is 3. The average Bonchev–Trinajstić information content (AvgIpc) is 2.34. The summed E-state index contributed by atoms with van der Waals surface area (Å²) in [5.41, 5.74) is 0.00113. The van der Waals surface area contributed by atoms with Crippen LogP contribution >= 0.6 is 35.0 Å². The van der Waals surface area contributed by atoms with Gasteiger partial charge in [-0.2, -0.15) is 0 Å². The third-order valence-corrected chi connectivity index (χ3v) is 3.66. The number of halogens is 2. The van der Waals surface area contributed by atoms with Gasteiger partial charge in [0.05, 0.1) is 15.6 Å². The molecular formula is C11H6Cl2N2O2S. The maximum absolute atomic E-state index is 10.9. The summed E-state index contributed by atoms with van der Waals surface area (Å²) >= 11 is 12.9. The lowest BCUT2D eigenvalue weighted by Crippen LogP contribution is -1.98. The first-order chi connectivity index (χ1) is 8.58. The van der Waals surface area contributed by atoms with E-state index in [0.717, 1.165) is 0 Å². The third kappa shape index (κ3) is 2.93. The Kier molecular flexibility index (Phi) is 4.06. The van der Waals surface area contributed by atoms with E-state index in [0.29, 0.717) is 15.1 Å². The van der Waals surface area contributed by atoms with Crippen LogP contribution in [0.1, 0.15) is 10.4 Å². The zero-order valence-corrected chi connectivity index (χ0v) is 11.1. The molecule has 0 aliphatic rings. The lowest BCUT2D eigenvalue weighted by atomic mass is 10.3. The van der Waals surface area contributed by atoms with E-state index < -0.39 is 5.97 Å². The van der Waals surface area contributed by atoms with Gasteiger partial charge < -0.3 is 5.11 Å². The molecule has 0 fully saturated rings. The van der Waals surface area contributed by atoms with Gasteiger partial charge >= 0.3 is 5.97 Å². The van der Waals surface area contributed by atoms with Gasteiger partial charge in [-0.15, -0.1) is 0 Å². The Labute approximate surface area is 117 Å². The standard InChI is InChI=1S/C11H6Cl2N2O2S/c12-7-2-1-3-14-10(7)18-9-4-6(11(16)17)8(13)5-15-9/h1-5H,(H,16,17). The van der Waals surface area contributed by atoms with Crippen molar-refractivity contribution in [2.24, 2.45) is 0 Å². The largest absolute Gasteiger partial charge is 0.478 e. The van der Waals surface area contributed by atoms with Gasteiger partial charge in [-0.3, -0.25) is 0 Å². The van der Waals surface area contributed by atoms with Crippen molar-refractivity contribution in [3.63, 3.8) is 0 Å². The van der Waals surface area contributed by atoms with Crippen LogP contribution in [0, 0.1) is 0 Å². The van der Waals surface area contributed by atoms with E-state index >= 15 is 0 Å². The van der Waals surface area contributed by atoms with Crippen LogP contribution in [0.2, 0.25) is 10.0 Å². The number of carboxylic acids is 1. The molecule has 0 bridgehead atoms. The van der Waals surface area contributed by atoms with Gasteiger partial charge in [-0.25, -0.2) is 14.8 Å². The molecule has 2 rings (SSSR count). The Morgan fingerprint density at radius 1 is 1.28 bits per heavy atom. The zero-order chi connectivity index (χ0) is 13.1. The molecule has 0 atom stereocenters. The minimum absolute atomic E-state index is 0.00113. The molecule has 2 aromatic rings. The van der Waals surface area contributed by atoms with Crippen molar-refractivity contribution in [3.05, 3.63) is 46.2 Å². The highest BCUT2D eigenvalue weighted by Crippen LogP contribution is 2.31. The molecular weight excluding hydrogens is 295 g/mol. The number of hydrogen-bond donors (Lipinski definition) is 1. The highest BCUT2D eigenvalue weighted by atomic mass is 35.5. The van der Waals surface area contributed by atoms with Gasteiger partial charge in [0.15, 0.2) is 0 Å². The molecule has 4 nitrogen and oxygen atoms in total. The monoisotopic (exact) mass is 300 g/mol. The van der Waals surface area contributed by atoms with E-state index in [1.165, 1.54) is 24.0 Å². The van der Waals surface area contributed by atoms with Crippen molar-refractivity contribution < 1.29 is 9.90 Å². The lowest BCUT2D eigenvalue weighted by Gasteiger charge is -2.04. The number of aromatic carboxylic acids is 1. The molecule has 1 N–H and O–H groups in total. The van der Waals surface area contributed by atoms with Crippen molar-refractivity contribution in [1.82, 2.24) is 9.97 Å². The minimum Gasteiger partial charge on any atom is -0.478 e. The van der Waals surface area contributed by atoms with Crippen LogP contribution in [0.25, 0.3) is 0 Å². The topological polar surface area (TPSA) is 63.1 Å². The van der Waals surface area contributed by atoms with E-state index in [9.17, 15) is 4.79 Å². The summed E-state index contributed by atoms with van der Waals surface area (Å²) in [5.74, 6) is -1.10. The molecule has 2 aromatic heterocycles. The molecule has 0 aliphatic heterocycles. The SMILES string of the molecule is O=C(O)c1cc(Sc2ncccc2Cl)ncc1Cl. The molecule has 18 heavy (non-hydrogen) atoms. The smallest absolute Gasteiger partial charge is 0.337 e. The van der Waals surface area contributed by atoms with Crippen molar-refractivity contribution >= 4 is 40.9 Å². The number of nitrogens with zero attached hydrogens (tertiary/aromatic N) is 2. The zero-order valence-electron chi connectivity index (χ0n) is 8.80. The number of carbonyl (C=O) groups is 1. The third-order valence-electron chi connectivity index (χ3n) is 1.99. The summed E-state index contributed by atoms with van der Waals surface area (Å²) in [5, 5.41) is 10.6. The predicted molar refractivity (Wildman–Crippen MR) is 69.6 cm³/mol. The van der Waals surface area contributed by atoms with E-state index in [4.69, 9.17) is 28.3 Å². The van der Waals surface area contributed by atoms with Crippen molar-refractivity contribution in [2.75, 3.05) is 0 Å². The van der Waals surface area contributed by atoms with E-state index in [1.54, 1.807) is 18.3 Å². The molecule has 0 saturated carbocycles. The summed E-state index contributed by atoms with van der Waals surface area (Å²) in [6, 6.07) is 4.80. The minimum atomic E-state index is -1.10. The number of aromatic nitrogens is 2. The first-order valence-corrected chi connectivity index (χ1v) is 6.32. The summed E-state index contributed by atoms with van der Waals surface area (Å²) in [4.78, 5) is 19.0. The Balaban J connectivity index is 2.33. The van der Waals surface area contributed by atoms with E-state index in [1.807, 2.05) is 0 Å². The summed E-state index contributed by atoms with van der Waals surface area (Å²) in [6.45, 7) is 0. The maximum atomic E-state index is 10.9. The van der Waals surface area contributed by atoms with Crippen molar-refractivity contribution in [3.8, 4) is 0 Å². The average molecular weight is 301 g/mol. The van der Waals surface area contributed by atoms with Gasteiger partial charge in [0.25, 0.3) is 0 Å². The number of pyridine rings is 2. The molecule has 0 unspecified atom stereocenters. The van der Waals surface area contributed by atoms with Crippen molar-refractivity contribution in [2.45, 2.75) is 10.1 Å². The molecule has 0 aliphatic carbocycles. The van der Waals surface area contributed by atoms with Gasteiger partial charge in [-0.1, -0.05) is 23.2 Å². The number of hydrogen-bond acceptors (Lipinski definition) is 4. The predicted octanol–water partition coefficient (Wildman–Crippen LogP) is 3.63. The second kappa shape index (κ2) is 5.56. The second-order valence-corrected chi connectivity index (χ2v) is 5.02. The van der Waals surface area contributed by atoms with Crippen LogP contribution in [-0.2, 0) is 0 Å². The van der Waals surface area contributed by atoms with Crippen LogP contribution in [0.5, 0.6) is 0 Å². The molecule has 92 valence electrons. The second-order valence-electron chi connectivity index (χ2n) is 3.20. The van der Waals surface area contributed by atoms with Crippen molar-refractivity contribution in [1.29, 1.82) is 0 Å². The molecule has 0 spiro atoms. The van der Waals surface area contributed by atoms with Crippen LogP contribution < -0.4 is 0 Å². The highest BCUT2D eigenvalue weighted by Gasteiger charge is 2.12. The van der Waals surface area contributed by atoms with Crippen LogP contribution in [0.15, 0.2) is 40.6 Å². The summed E-state index contributed by atoms with van der Waals surface area (Å²) in [7, 11) is 0. The maximum Gasteiger partial charge on any atom is 0.337 e. The van der Waals surface area contributed by atoms with Gasteiger partial charge in [0.1, 0.15) is 10.1 Å². The Morgan fingerprint density at radius 3 is 2.72 bits per heavy atom. The summed E-state index contributed by atoms with van der Waals surface area (Å²) in [6.07, 6.45) is 2.90. The van der Waals surface area contributed by atoms with Crippen LogP contribution in [0.4, 0.5) is 0 Å². The van der Waals surface area contributed by atoms with Crippen LogP contribution in [-0.4, -0.2) is 21.0 Å². The highest BCUT2D eigenvalue weighted by molar-refractivity contribution is 7.99. The lowest BCUT2D eigenvalue weighted by molar-refractivity contribution is 0.0696. The van der Waals surface area contributed by atoms with Gasteiger partial charge in [0, 0.05) is 12.4 Å².